The van der Waals surface area contributed by atoms with E-state index < -0.39 is 4.92 Å². The van der Waals surface area contributed by atoms with Crippen LogP contribution in [0.5, 0.6) is 0 Å². The van der Waals surface area contributed by atoms with Crippen LogP contribution in [0.25, 0.3) is 0 Å². The fourth-order valence-electron chi connectivity index (χ4n) is 1.16. The van der Waals surface area contributed by atoms with Crippen LogP contribution in [-0.4, -0.2) is 29.0 Å². The average molecular weight is 237 g/mol. The highest BCUT2D eigenvalue weighted by Crippen LogP contribution is 1.96. The third-order valence-electron chi connectivity index (χ3n) is 1.78. The number of hydrogen-bond donors (Lipinski definition) is 2. The molecular formula is C10H15N5O2. The summed E-state index contributed by atoms with van der Waals surface area (Å²) in [5, 5.41) is 15.0. The van der Waals surface area contributed by atoms with Crippen molar-refractivity contribution >= 4 is 0 Å². The first-order chi connectivity index (χ1) is 8.08. The molecule has 7 heteroatoms. The van der Waals surface area contributed by atoms with E-state index in [1.165, 1.54) is 0 Å². The van der Waals surface area contributed by atoms with Gasteiger partial charge < -0.3 is 10.7 Å². The molecule has 0 aliphatic carbocycles. The molecule has 0 aliphatic rings. The normalized spacial score (nSPS) is 11.4. The van der Waals surface area contributed by atoms with Gasteiger partial charge in [-0.2, -0.15) is 0 Å². The van der Waals surface area contributed by atoms with Crippen LogP contribution in [0.1, 0.15) is 5.56 Å². The first-order valence-electron chi connectivity index (χ1n) is 5.00. The predicted octanol–water partition coefficient (Wildman–Crippen LogP) is 0.313. The van der Waals surface area contributed by atoms with E-state index in [-0.39, 0.29) is 0 Å². The van der Waals surface area contributed by atoms with Crippen LogP contribution in [0.3, 0.4) is 0 Å². The third-order valence-corrected chi connectivity index (χ3v) is 1.78. The molecule has 0 bridgehead atoms. The average Bonchev–Trinajstić information content (AvgIpc) is 2.26. The van der Waals surface area contributed by atoms with Gasteiger partial charge in [0.15, 0.2) is 5.82 Å². The summed E-state index contributed by atoms with van der Waals surface area (Å²) < 4.78 is 0. The number of aromatic nitrogens is 1. The second kappa shape index (κ2) is 6.44. The first kappa shape index (κ1) is 12.9. The zero-order valence-electron chi connectivity index (χ0n) is 9.75. The molecule has 17 heavy (non-hydrogen) atoms. The van der Waals surface area contributed by atoms with Crippen molar-refractivity contribution in [3.8, 4) is 0 Å². The van der Waals surface area contributed by atoms with Crippen LogP contribution < -0.4 is 10.7 Å². The molecule has 92 valence electrons. The summed E-state index contributed by atoms with van der Waals surface area (Å²) in [7, 11) is 3.50. The van der Waals surface area contributed by atoms with Crippen molar-refractivity contribution in [2.45, 2.75) is 6.54 Å². The maximum atomic E-state index is 10.4. The highest BCUT2D eigenvalue weighted by atomic mass is 16.6. The fourth-order valence-corrected chi connectivity index (χ4v) is 1.16. The van der Waals surface area contributed by atoms with E-state index in [9.17, 15) is 10.1 Å². The van der Waals surface area contributed by atoms with Crippen LogP contribution in [0.4, 0.5) is 0 Å². The predicted molar refractivity (Wildman–Crippen MR) is 63.0 cm³/mol. The molecule has 0 atom stereocenters. The zero-order valence-corrected chi connectivity index (χ0v) is 9.75. The summed E-state index contributed by atoms with van der Waals surface area (Å²) in [6.07, 6.45) is 4.26. The number of hydrogen-bond acceptors (Lipinski definition) is 6. The first-order valence-corrected chi connectivity index (χ1v) is 5.00. The third kappa shape index (κ3) is 5.47. The van der Waals surface area contributed by atoms with E-state index in [4.69, 9.17) is 0 Å². The van der Waals surface area contributed by atoms with Gasteiger partial charge in [-0.05, 0) is 11.6 Å². The minimum atomic E-state index is -0.512. The van der Waals surface area contributed by atoms with Crippen molar-refractivity contribution in [2.75, 3.05) is 14.1 Å². The number of rotatable bonds is 6. The molecule has 0 saturated heterocycles. The topological polar surface area (TPSA) is 83.3 Å². The maximum absolute atomic E-state index is 10.4. The lowest BCUT2D eigenvalue weighted by Crippen LogP contribution is -2.36. The lowest BCUT2D eigenvalue weighted by Gasteiger charge is -2.16. The summed E-state index contributed by atoms with van der Waals surface area (Å²) >= 11 is 0. The fraction of sp³-hybridized carbons (Fsp3) is 0.300. The molecule has 1 heterocycles. The van der Waals surface area contributed by atoms with E-state index in [1.54, 1.807) is 31.5 Å². The van der Waals surface area contributed by atoms with Crippen LogP contribution in [0, 0.1) is 10.1 Å². The molecule has 0 radical (unpaired) electrons. The Hall–Kier alpha value is -2.15. The van der Waals surface area contributed by atoms with Crippen LogP contribution in [-0.2, 0) is 6.54 Å². The van der Waals surface area contributed by atoms with E-state index in [0.29, 0.717) is 12.4 Å². The number of nitrogens with zero attached hydrogens (tertiary/aromatic N) is 3. The molecule has 0 spiro atoms. The van der Waals surface area contributed by atoms with E-state index in [1.807, 2.05) is 12.1 Å². The minimum Gasteiger partial charge on any atom is -0.362 e. The Kier molecular flexibility index (Phi) is 4.89. The van der Waals surface area contributed by atoms with Crippen molar-refractivity contribution < 1.29 is 4.92 Å². The largest absolute Gasteiger partial charge is 0.362 e. The molecule has 1 aromatic heterocycles. The van der Waals surface area contributed by atoms with Crippen molar-refractivity contribution in [3.05, 3.63) is 52.2 Å². The molecule has 7 nitrogen and oxygen atoms in total. The van der Waals surface area contributed by atoms with E-state index in [2.05, 4.69) is 15.7 Å². The summed E-state index contributed by atoms with van der Waals surface area (Å²) in [6.45, 7) is 0.467. The van der Waals surface area contributed by atoms with Gasteiger partial charge in [0.25, 0.3) is 6.20 Å². The van der Waals surface area contributed by atoms with Crippen molar-refractivity contribution in [2.24, 2.45) is 0 Å². The smallest absolute Gasteiger partial charge is 0.275 e. The summed E-state index contributed by atoms with van der Waals surface area (Å²) in [4.78, 5) is 13.9. The standard InChI is InChI=1S/C10H15N5O2/c1-14(2)13-10(8-15(16)17)12-7-9-4-3-5-11-6-9/h3-6,8,12-13H,7H2,1-2H3/b10-8-. The van der Waals surface area contributed by atoms with Gasteiger partial charge >= 0.3 is 0 Å². The quantitative estimate of drug-likeness (QED) is 0.547. The van der Waals surface area contributed by atoms with Crippen molar-refractivity contribution in [1.29, 1.82) is 0 Å². The molecule has 2 N–H and O–H groups in total. The van der Waals surface area contributed by atoms with E-state index in [0.717, 1.165) is 11.8 Å². The Morgan fingerprint density at radius 3 is 2.94 bits per heavy atom. The Morgan fingerprint density at radius 2 is 2.41 bits per heavy atom. The Bertz CT molecular complexity index is 391. The van der Waals surface area contributed by atoms with Gasteiger partial charge in [0.05, 0.1) is 4.92 Å². The Balaban J connectivity index is 2.58. The SMILES string of the molecule is CN(C)N/C(=C\[N+](=O)[O-])NCc1cccnc1. The van der Waals surface area contributed by atoms with Gasteiger partial charge in [-0.15, -0.1) is 0 Å². The number of nitrogens with one attached hydrogen (secondary N) is 2. The van der Waals surface area contributed by atoms with Gasteiger partial charge in [0.1, 0.15) is 0 Å². The highest BCUT2D eigenvalue weighted by molar-refractivity contribution is 5.09. The molecule has 1 rings (SSSR count). The number of pyridine rings is 1. The molecule has 0 saturated carbocycles. The molecule has 0 unspecified atom stereocenters. The monoisotopic (exact) mass is 237 g/mol. The Labute approximate surface area is 99.3 Å². The van der Waals surface area contributed by atoms with Crippen molar-refractivity contribution in [1.82, 2.24) is 20.7 Å². The Morgan fingerprint density at radius 1 is 1.65 bits per heavy atom. The number of hydrazine groups is 1. The molecular weight excluding hydrogens is 222 g/mol. The lowest BCUT2D eigenvalue weighted by molar-refractivity contribution is -0.404. The maximum Gasteiger partial charge on any atom is 0.275 e. The minimum absolute atomic E-state index is 0.323. The highest BCUT2D eigenvalue weighted by Gasteiger charge is 2.03. The summed E-state index contributed by atoms with van der Waals surface area (Å²) in [5.41, 5.74) is 3.75. The second-order valence-corrected chi connectivity index (χ2v) is 3.55. The molecule has 0 amide bonds. The second-order valence-electron chi connectivity index (χ2n) is 3.55. The molecule has 1 aromatic rings. The van der Waals surface area contributed by atoms with Crippen LogP contribution in [0.2, 0.25) is 0 Å². The summed E-state index contributed by atoms with van der Waals surface area (Å²) in [5.74, 6) is 0.323. The number of nitro groups is 1. The van der Waals surface area contributed by atoms with Crippen molar-refractivity contribution in [3.63, 3.8) is 0 Å². The summed E-state index contributed by atoms with van der Waals surface area (Å²) in [6, 6.07) is 3.70. The van der Waals surface area contributed by atoms with Crippen LogP contribution in [0.15, 0.2) is 36.5 Å². The van der Waals surface area contributed by atoms with Crippen LogP contribution >= 0.6 is 0 Å². The van der Waals surface area contributed by atoms with Gasteiger partial charge in [-0.25, -0.2) is 5.01 Å². The van der Waals surface area contributed by atoms with Gasteiger partial charge in [0.2, 0.25) is 0 Å². The van der Waals surface area contributed by atoms with Gasteiger partial charge in [0, 0.05) is 33.0 Å². The molecule has 0 aliphatic heterocycles. The van der Waals surface area contributed by atoms with Gasteiger partial charge in [-0.1, -0.05) is 6.07 Å². The lowest BCUT2D eigenvalue weighted by atomic mass is 10.3. The van der Waals surface area contributed by atoms with Gasteiger partial charge in [-0.3, -0.25) is 15.1 Å². The molecule has 0 fully saturated rings. The molecule has 0 aromatic carbocycles. The van der Waals surface area contributed by atoms with E-state index >= 15 is 0 Å². The zero-order chi connectivity index (χ0) is 12.7.